The standard InChI is InChI=1S/C20H31N5O2/c1-2-11-24-12-8-16(9-13-24)23-20(27)25(14-17-5-3-4-10-21-17)15-18-6-7-19(26)22-18/h3-5,10,16,18H,2,6-9,11-15H2,1H3,(H,22,26)(H,23,27)/t18-/m0/s1. The summed E-state index contributed by atoms with van der Waals surface area (Å²) in [5.74, 6) is 0.0708. The average Bonchev–Trinajstić information content (AvgIpc) is 3.09. The Hall–Kier alpha value is -2.15. The summed E-state index contributed by atoms with van der Waals surface area (Å²) in [4.78, 5) is 33.1. The van der Waals surface area contributed by atoms with Crippen LogP contribution in [0.15, 0.2) is 24.4 Å². The second kappa shape index (κ2) is 9.69. The molecule has 27 heavy (non-hydrogen) atoms. The maximum Gasteiger partial charge on any atom is 0.318 e. The first-order chi connectivity index (χ1) is 13.1. The smallest absolute Gasteiger partial charge is 0.318 e. The molecule has 0 spiro atoms. The third-order valence-corrected chi connectivity index (χ3v) is 5.35. The van der Waals surface area contributed by atoms with Crippen molar-refractivity contribution in [2.75, 3.05) is 26.2 Å². The topological polar surface area (TPSA) is 77.6 Å². The highest BCUT2D eigenvalue weighted by molar-refractivity contribution is 5.79. The van der Waals surface area contributed by atoms with Crippen molar-refractivity contribution in [3.05, 3.63) is 30.1 Å². The number of pyridine rings is 1. The molecule has 2 fully saturated rings. The lowest BCUT2D eigenvalue weighted by Gasteiger charge is -2.34. The van der Waals surface area contributed by atoms with E-state index in [1.807, 2.05) is 18.2 Å². The molecule has 7 nitrogen and oxygen atoms in total. The Labute approximate surface area is 161 Å². The minimum atomic E-state index is -0.0595. The molecule has 7 heteroatoms. The highest BCUT2D eigenvalue weighted by Crippen LogP contribution is 2.14. The number of carbonyl (C=O) groups is 2. The number of hydrogen-bond donors (Lipinski definition) is 2. The molecule has 2 aliphatic heterocycles. The summed E-state index contributed by atoms with van der Waals surface area (Å²) < 4.78 is 0. The van der Waals surface area contributed by atoms with Gasteiger partial charge in [0.05, 0.1) is 12.2 Å². The Bertz CT molecular complexity index is 616. The Morgan fingerprint density at radius 3 is 2.78 bits per heavy atom. The first-order valence-electron chi connectivity index (χ1n) is 10.1. The summed E-state index contributed by atoms with van der Waals surface area (Å²) in [5.41, 5.74) is 0.856. The molecule has 1 atom stereocenters. The largest absolute Gasteiger partial charge is 0.352 e. The van der Waals surface area contributed by atoms with Gasteiger partial charge in [-0.15, -0.1) is 0 Å². The zero-order chi connectivity index (χ0) is 19.1. The highest BCUT2D eigenvalue weighted by atomic mass is 16.2. The molecule has 0 unspecified atom stereocenters. The van der Waals surface area contributed by atoms with Gasteiger partial charge in [0.15, 0.2) is 0 Å². The lowest BCUT2D eigenvalue weighted by molar-refractivity contribution is -0.119. The van der Waals surface area contributed by atoms with Crippen LogP contribution in [0.1, 0.15) is 44.7 Å². The van der Waals surface area contributed by atoms with Gasteiger partial charge in [0.2, 0.25) is 5.91 Å². The maximum absolute atomic E-state index is 13.0. The van der Waals surface area contributed by atoms with E-state index in [9.17, 15) is 9.59 Å². The normalized spacial score (nSPS) is 21.1. The van der Waals surface area contributed by atoms with Gasteiger partial charge < -0.3 is 20.4 Å². The van der Waals surface area contributed by atoms with Crippen LogP contribution < -0.4 is 10.6 Å². The quantitative estimate of drug-likeness (QED) is 0.763. The Morgan fingerprint density at radius 2 is 2.15 bits per heavy atom. The monoisotopic (exact) mass is 373 g/mol. The first-order valence-corrected chi connectivity index (χ1v) is 10.1. The number of hydrogen-bond acceptors (Lipinski definition) is 4. The van der Waals surface area contributed by atoms with Crippen molar-refractivity contribution < 1.29 is 9.59 Å². The minimum absolute atomic E-state index is 0.0263. The molecule has 2 aliphatic rings. The predicted octanol–water partition coefficient (Wildman–Crippen LogP) is 1.75. The van der Waals surface area contributed by atoms with E-state index >= 15 is 0 Å². The Kier molecular flexibility index (Phi) is 7.04. The molecule has 0 aliphatic carbocycles. The molecule has 2 N–H and O–H groups in total. The van der Waals surface area contributed by atoms with Crippen LogP contribution in [0.5, 0.6) is 0 Å². The first kappa shape index (κ1) is 19.6. The zero-order valence-electron chi connectivity index (χ0n) is 16.2. The Morgan fingerprint density at radius 1 is 1.33 bits per heavy atom. The molecule has 0 aromatic carbocycles. The van der Waals surface area contributed by atoms with Gasteiger partial charge >= 0.3 is 6.03 Å². The SMILES string of the molecule is CCCN1CCC(NC(=O)N(Cc2ccccn2)C[C@@H]2CCC(=O)N2)CC1. The van der Waals surface area contributed by atoms with Gasteiger partial charge in [0.25, 0.3) is 0 Å². The van der Waals surface area contributed by atoms with Crippen molar-refractivity contribution in [1.82, 2.24) is 25.4 Å². The molecule has 3 rings (SSSR count). The van der Waals surface area contributed by atoms with Gasteiger partial charge in [-0.25, -0.2) is 4.79 Å². The van der Waals surface area contributed by atoms with Gasteiger partial charge in [-0.2, -0.15) is 0 Å². The van der Waals surface area contributed by atoms with Crippen LogP contribution >= 0.6 is 0 Å². The number of amides is 3. The third kappa shape index (κ3) is 5.92. The molecule has 0 bridgehead atoms. The molecule has 3 amide bonds. The Balaban J connectivity index is 1.57. The summed E-state index contributed by atoms with van der Waals surface area (Å²) in [6.07, 6.45) is 6.21. The number of carbonyl (C=O) groups excluding carboxylic acids is 2. The predicted molar refractivity (Wildman–Crippen MR) is 104 cm³/mol. The van der Waals surface area contributed by atoms with E-state index in [1.165, 1.54) is 6.42 Å². The maximum atomic E-state index is 13.0. The average molecular weight is 374 g/mol. The van der Waals surface area contributed by atoms with Crippen LogP contribution in [-0.4, -0.2) is 65.0 Å². The van der Waals surface area contributed by atoms with E-state index in [0.717, 1.165) is 44.6 Å². The van der Waals surface area contributed by atoms with E-state index in [-0.39, 0.29) is 24.0 Å². The van der Waals surface area contributed by atoms with Crippen LogP contribution in [0, 0.1) is 0 Å². The molecule has 1 aromatic rings. The number of rotatable bonds is 7. The fourth-order valence-corrected chi connectivity index (χ4v) is 3.87. The van der Waals surface area contributed by atoms with Crippen molar-refractivity contribution >= 4 is 11.9 Å². The van der Waals surface area contributed by atoms with Crippen molar-refractivity contribution in [3.8, 4) is 0 Å². The van der Waals surface area contributed by atoms with Crippen LogP contribution in [0.3, 0.4) is 0 Å². The lowest BCUT2D eigenvalue weighted by Crippen LogP contribution is -2.51. The van der Waals surface area contributed by atoms with Crippen molar-refractivity contribution in [2.24, 2.45) is 0 Å². The minimum Gasteiger partial charge on any atom is -0.352 e. The van der Waals surface area contributed by atoms with Crippen LogP contribution in [-0.2, 0) is 11.3 Å². The fraction of sp³-hybridized carbons (Fsp3) is 0.650. The number of nitrogens with zero attached hydrogens (tertiary/aromatic N) is 3. The highest BCUT2D eigenvalue weighted by Gasteiger charge is 2.27. The van der Waals surface area contributed by atoms with Gasteiger partial charge in [-0.05, 0) is 44.4 Å². The molecule has 148 valence electrons. The van der Waals surface area contributed by atoms with Gasteiger partial charge in [0.1, 0.15) is 0 Å². The third-order valence-electron chi connectivity index (χ3n) is 5.35. The zero-order valence-corrected chi connectivity index (χ0v) is 16.2. The van der Waals surface area contributed by atoms with Crippen molar-refractivity contribution in [3.63, 3.8) is 0 Å². The van der Waals surface area contributed by atoms with E-state index < -0.39 is 0 Å². The van der Waals surface area contributed by atoms with Crippen LogP contribution in [0.4, 0.5) is 4.79 Å². The van der Waals surface area contributed by atoms with Gasteiger partial charge in [-0.3, -0.25) is 9.78 Å². The van der Waals surface area contributed by atoms with E-state index in [2.05, 4.69) is 27.4 Å². The van der Waals surface area contributed by atoms with Crippen LogP contribution in [0.25, 0.3) is 0 Å². The number of urea groups is 1. The van der Waals surface area contributed by atoms with Gasteiger partial charge in [0, 0.05) is 44.3 Å². The summed E-state index contributed by atoms with van der Waals surface area (Å²) in [6.45, 7) is 6.38. The molecule has 0 saturated carbocycles. The van der Waals surface area contributed by atoms with Crippen molar-refractivity contribution in [1.29, 1.82) is 0 Å². The molecule has 1 aromatic heterocycles. The summed E-state index contributed by atoms with van der Waals surface area (Å²) in [5, 5.41) is 6.17. The number of nitrogens with one attached hydrogen (secondary N) is 2. The molecular weight excluding hydrogens is 342 g/mol. The lowest BCUT2D eigenvalue weighted by atomic mass is 10.1. The van der Waals surface area contributed by atoms with E-state index in [0.29, 0.717) is 19.5 Å². The number of piperidine rings is 1. The summed E-state index contributed by atoms with van der Waals surface area (Å²) >= 11 is 0. The number of likely N-dealkylation sites (tertiary alicyclic amines) is 1. The van der Waals surface area contributed by atoms with E-state index in [1.54, 1.807) is 11.1 Å². The molecule has 2 saturated heterocycles. The summed E-state index contributed by atoms with van der Waals surface area (Å²) in [6, 6.07) is 5.91. The molecule has 0 radical (unpaired) electrons. The van der Waals surface area contributed by atoms with Crippen LogP contribution in [0.2, 0.25) is 0 Å². The summed E-state index contributed by atoms with van der Waals surface area (Å²) in [7, 11) is 0. The van der Waals surface area contributed by atoms with Crippen molar-refractivity contribution in [2.45, 2.75) is 57.7 Å². The second-order valence-electron chi connectivity index (χ2n) is 7.57. The second-order valence-corrected chi connectivity index (χ2v) is 7.57. The molecule has 3 heterocycles. The fourth-order valence-electron chi connectivity index (χ4n) is 3.87. The number of aromatic nitrogens is 1. The molecular formula is C20H31N5O2. The van der Waals surface area contributed by atoms with E-state index in [4.69, 9.17) is 0 Å². The van der Waals surface area contributed by atoms with Gasteiger partial charge in [-0.1, -0.05) is 13.0 Å².